The molecule has 3 heteroatoms. The topological polar surface area (TPSA) is 26.9 Å². The molecule has 12 heavy (non-hydrogen) atoms. The van der Waals surface area contributed by atoms with E-state index in [1.165, 1.54) is 0 Å². The van der Waals surface area contributed by atoms with Crippen molar-refractivity contribution in [2.75, 3.05) is 0 Å². The normalized spacial score (nSPS) is 10.4. The van der Waals surface area contributed by atoms with Gasteiger partial charge in [0.2, 0.25) is 5.52 Å². The van der Waals surface area contributed by atoms with E-state index in [2.05, 4.69) is 15.9 Å². The van der Waals surface area contributed by atoms with Gasteiger partial charge in [0.25, 0.3) is 4.60 Å². The monoisotopic (exact) mass is 223 g/mol. The molecule has 1 heterocycles. The number of fused-ring (bicyclic) bond motifs is 1. The number of pyridine rings is 1. The lowest BCUT2D eigenvalue weighted by molar-refractivity contribution is -0.589. The fourth-order valence-electron chi connectivity index (χ4n) is 1.15. The minimum atomic E-state index is 0.543. The molecule has 0 saturated heterocycles. The average Bonchev–Trinajstić information content (AvgIpc) is 2.12. The van der Waals surface area contributed by atoms with Gasteiger partial charge in [0.15, 0.2) is 0 Å². The van der Waals surface area contributed by atoms with Gasteiger partial charge in [-0.05, 0) is 12.1 Å². The highest BCUT2D eigenvalue weighted by Gasteiger charge is 2.05. The molecule has 0 saturated carbocycles. The van der Waals surface area contributed by atoms with E-state index < -0.39 is 0 Å². The van der Waals surface area contributed by atoms with Crippen LogP contribution in [0.3, 0.4) is 0 Å². The van der Waals surface area contributed by atoms with Gasteiger partial charge in [-0.1, -0.05) is 12.1 Å². The average molecular weight is 224 g/mol. The van der Waals surface area contributed by atoms with Crippen molar-refractivity contribution in [1.29, 1.82) is 0 Å². The highest BCUT2D eigenvalue weighted by molar-refractivity contribution is 9.10. The zero-order valence-electron chi connectivity index (χ0n) is 6.20. The number of halogens is 1. The van der Waals surface area contributed by atoms with Crippen molar-refractivity contribution >= 4 is 26.8 Å². The Hall–Kier alpha value is -1.09. The fourth-order valence-corrected chi connectivity index (χ4v) is 1.48. The van der Waals surface area contributed by atoms with Crippen LogP contribution in [0.25, 0.3) is 10.9 Å². The maximum atomic E-state index is 11.4. The molecule has 2 rings (SSSR count). The van der Waals surface area contributed by atoms with Gasteiger partial charge >= 0.3 is 0 Å². The Bertz CT molecular complexity index is 428. The first kappa shape index (κ1) is 7.55. The van der Waals surface area contributed by atoms with Crippen LogP contribution in [0.2, 0.25) is 0 Å². The molecule has 1 aromatic heterocycles. The molecule has 0 amide bonds. The molecule has 0 aliphatic carbocycles. The first-order valence-electron chi connectivity index (χ1n) is 3.56. The summed E-state index contributed by atoms with van der Waals surface area (Å²) in [7, 11) is 0. The van der Waals surface area contributed by atoms with Crippen LogP contribution < -0.4 is 4.73 Å². The number of rotatable bonds is 0. The molecule has 2 aromatic rings. The third kappa shape index (κ3) is 1.06. The van der Waals surface area contributed by atoms with Crippen LogP contribution in [-0.4, -0.2) is 0 Å². The third-order valence-corrected chi connectivity index (χ3v) is 2.34. The van der Waals surface area contributed by atoms with Crippen LogP contribution in [0.5, 0.6) is 0 Å². The Balaban J connectivity index is 2.91. The first-order chi connectivity index (χ1) is 5.79. The summed E-state index contributed by atoms with van der Waals surface area (Å²) >= 11 is 3.17. The van der Waals surface area contributed by atoms with Crippen molar-refractivity contribution in [3.8, 4) is 0 Å². The van der Waals surface area contributed by atoms with Gasteiger partial charge in [0.1, 0.15) is 0 Å². The number of hydrogen-bond acceptors (Lipinski definition) is 1. The Kier molecular flexibility index (Phi) is 1.73. The number of benzene rings is 1. The number of para-hydroxylation sites is 1. The van der Waals surface area contributed by atoms with E-state index in [0.717, 1.165) is 10.1 Å². The molecule has 0 atom stereocenters. The maximum Gasteiger partial charge on any atom is 0.259 e. The number of nitrogens with zero attached hydrogens (tertiary/aromatic N) is 1. The second kappa shape index (κ2) is 2.75. The van der Waals surface area contributed by atoms with E-state index in [9.17, 15) is 5.21 Å². The highest BCUT2D eigenvalue weighted by atomic mass is 79.9. The molecular formula is C9H6BrNO. The van der Waals surface area contributed by atoms with Crippen LogP contribution >= 0.6 is 15.9 Å². The van der Waals surface area contributed by atoms with Gasteiger partial charge < -0.3 is 5.21 Å². The van der Waals surface area contributed by atoms with Gasteiger partial charge in [-0.15, -0.1) is 0 Å². The molecule has 2 nitrogen and oxygen atoms in total. The molecule has 0 aliphatic heterocycles. The van der Waals surface area contributed by atoms with E-state index in [4.69, 9.17) is 0 Å². The van der Waals surface area contributed by atoms with Crippen molar-refractivity contribution in [3.63, 3.8) is 0 Å². The summed E-state index contributed by atoms with van der Waals surface area (Å²) in [5, 5.41) is 12.4. The molecule has 0 bridgehead atoms. The van der Waals surface area contributed by atoms with Gasteiger partial charge in [-0.25, -0.2) is 0 Å². The van der Waals surface area contributed by atoms with E-state index >= 15 is 0 Å². The third-order valence-electron chi connectivity index (χ3n) is 1.75. The summed E-state index contributed by atoms with van der Waals surface area (Å²) in [6.45, 7) is 0. The Morgan fingerprint density at radius 2 is 1.83 bits per heavy atom. The van der Waals surface area contributed by atoms with Crippen LogP contribution in [0.4, 0.5) is 0 Å². The second-order valence-electron chi connectivity index (χ2n) is 2.51. The summed E-state index contributed by atoms with van der Waals surface area (Å²) in [4.78, 5) is 0. The summed E-state index contributed by atoms with van der Waals surface area (Å²) in [6, 6.07) is 11.1. The minimum absolute atomic E-state index is 0.543. The standard InChI is InChI=1S/C9H6BrNO/c10-9-6-5-7-3-1-2-4-8(7)11(9)12/h1-6H. The highest BCUT2D eigenvalue weighted by Crippen LogP contribution is 2.12. The largest absolute Gasteiger partial charge is 0.617 e. The predicted molar refractivity (Wildman–Crippen MR) is 50.6 cm³/mol. The number of aromatic nitrogens is 1. The lowest BCUT2D eigenvalue weighted by Gasteiger charge is -2.01. The van der Waals surface area contributed by atoms with Gasteiger partial charge in [0, 0.05) is 33.4 Å². The van der Waals surface area contributed by atoms with Crippen LogP contribution in [0.15, 0.2) is 41.0 Å². The minimum Gasteiger partial charge on any atom is -0.617 e. The maximum absolute atomic E-state index is 11.4. The zero-order chi connectivity index (χ0) is 8.55. The zero-order valence-corrected chi connectivity index (χ0v) is 7.78. The van der Waals surface area contributed by atoms with Crippen molar-refractivity contribution in [3.05, 3.63) is 46.2 Å². The Morgan fingerprint density at radius 3 is 2.67 bits per heavy atom. The van der Waals surface area contributed by atoms with E-state index in [0.29, 0.717) is 10.1 Å². The van der Waals surface area contributed by atoms with E-state index in [1.54, 1.807) is 12.1 Å². The predicted octanol–water partition coefficient (Wildman–Crippen LogP) is 2.24. The smallest absolute Gasteiger partial charge is 0.259 e. The molecule has 0 aliphatic rings. The lowest BCUT2D eigenvalue weighted by Crippen LogP contribution is -2.28. The quantitative estimate of drug-likeness (QED) is 0.383. The Labute approximate surface area is 78.2 Å². The summed E-state index contributed by atoms with van der Waals surface area (Å²) in [6.07, 6.45) is 0. The van der Waals surface area contributed by atoms with Crippen LogP contribution in [0.1, 0.15) is 0 Å². The molecule has 0 spiro atoms. The van der Waals surface area contributed by atoms with Crippen molar-refractivity contribution < 1.29 is 4.73 Å². The first-order valence-corrected chi connectivity index (χ1v) is 4.35. The van der Waals surface area contributed by atoms with Gasteiger partial charge in [-0.2, -0.15) is 4.73 Å². The summed E-state index contributed by atoms with van der Waals surface area (Å²) < 4.78 is 1.41. The summed E-state index contributed by atoms with van der Waals surface area (Å²) in [5.41, 5.74) is 0.687. The Morgan fingerprint density at radius 1 is 1.08 bits per heavy atom. The summed E-state index contributed by atoms with van der Waals surface area (Å²) in [5.74, 6) is 0. The van der Waals surface area contributed by atoms with Crippen molar-refractivity contribution in [2.24, 2.45) is 0 Å². The number of hydrogen-bond donors (Lipinski definition) is 0. The molecule has 0 unspecified atom stereocenters. The molecule has 0 fully saturated rings. The van der Waals surface area contributed by atoms with E-state index in [1.807, 2.05) is 24.3 Å². The molecule has 60 valence electrons. The SMILES string of the molecule is [O-][n+]1c(Br)ccc2ccccc21. The molecule has 0 N–H and O–H groups in total. The second-order valence-corrected chi connectivity index (χ2v) is 3.32. The van der Waals surface area contributed by atoms with Gasteiger partial charge in [0.05, 0.1) is 0 Å². The van der Waals surface area contributed by atoms with E-state index in [-0.39, 0.29) is 0 Å². The van der Waals surface area contributed by atoms with Crippen molar-refractivity contribution in [1.82, 2.24) is 0 Å². The van der Waals surface area contributed by atoms with Crippen molar-refractivity contribution in [2.45, 2.75) is 0 Å². The molecule has 0 radical (unpaired) electrons. The van der Waals surface area contributed by atoms with Crippen LogP contribution in [0, 0.1) is 5.21 Å². The van der Waals surface area contributed by atoms with Gasteiger partial charge in [-0.3, -0.25) is 0 Å². The lowest BCUT2D eigenvalue weighted by atomic mass is 10.2. The van der Waals surface area contributed by atoms with Crippen LogP contribution in [-0.2, 0) is 0 Å². The molecule has 1 aromatic carbocycles. The fraction of sp³-hybridized carbons (Fsp3) is 0. The molecular weight excluding hydrogens is 218 g/mol.